The second-order valence-electron chi connectivity index (χ2n) is 2.85. The molecule has 0 aliphatic heterocycles. The fourth-order valence-electron chi connectivity index (χ4n) is 1.05. The molecule has 2 N–H and O–H groups in total. The maximum atomic E-state index is 5.66. The van der Waals surface area contributed by atoms with E-state index < -0.39 is 0 Å². The third-order valence-corrected chi connectivity index (χ3v) is 4.35. The summed E-state index contributed by atoms with van der Waals surface area (Å²) in [6.07, 6.45) is 1.57. The average molecular weight is 302 g/mol. The first kappa shape index (κ1) is 10.9. The minimum absolute atomic E-state index is 0.770. The molecule has 0 spiro atoms. The molecule has 0 amide bonds. The molecule has 0 fully saturated rings. The van der Waals surface area contributed by atoms with Crippen LogP contribution in [0.1, 0.15) is 5.56 Å². The van der Waals surface area contributed by atoms with Gasteiger partial charge in [-0.05, 0) is 29.2 Å². The quantitative estimate of drug-likeness (QED) is 0.699. The summed E-state index contributed by atoms with van der Waals surface area (Å²) in [5, 5.41) is 0. The molecular weight excluding hydrogens is 294 g/mol. The maximum Gasteiger partial charge on any atom is 0.170 e. The van der Waals surface area contributed by atoms with Gasteiger partial charge in [0.25, 0.3) is 0 Å². The lowest BCUT2D eigenvalue weighted by molar-refractivity contribution is 1.21. The number of aromatic nitrogens is 2. The van der Waals surface area contributed by atoms with Gasteiger partial charge in [0.1, 0.15) is 6.33 Å². The number of thioether (sulfide) groups is 1. The lowest BCUT2D eigenvalue weighted by Crippen LogP contribution is -1.88. The van der Waals surface area contributed by atoms with Crippen LogP contribution < -0.4 is 5.73 Å². The van der Waals surface area contributed by atoms with Gasteiger partial charge in [-0.3, -0.25) is 0 Å². The monoisotopic (exact) mass is 301 g/mol. The van der Waals surface area contributed by atoms with Crippen LogP contribution in [0.5, 0.6) is 0 Å². The smallest absolute Gasteiger partial charge is 0.170 e. The predicted octanol–water partition coefficient (Wildman–Crippen LogP) is 3.18. The zero-order valence-corrected chi connectivity index (χ0v) is 10.9. The molecule has 2 aromatic rings. The molecule has 0 saturated carbocycles. The van der Waals surface area contributed by atoms with E-state index in [4.69, 9.17) is 5.73 Å². The number of rotatable bonds is 3. The van der Waals surface area contributed by atoms with Crippen molar-refractivity contribution in [2.45, 2.75) is 10.1 Å². The van der Waals surface area contributed by atoms with E-state index in [1.807, 2.05) is 18.2 Å². The molecule has 15 heavy (non-hydrogen) atoms. The Morgan fingerprint density at radius 2 is 2.33 bits per heavy atom. The summed E-state index contributed by atoms with van der Waals surface area (Å²) >= 11 is 6.57. The van der Waals surface area contributed by atoms with Crippen molar-refractivity contribution >= 4 is 44.9 Å². The first-order valence-corrected chi connectivity index (χ1v) is 6.74. The van der Waals surface area contributed by atoms with Gasteiger partial charge in [-0.1, -0.05) is 33.8 Å². The molecule has 6 heteroatoms. The number of halogens is 1. The Labute approximate surface area is 104 Å². The summed E-state index contributed by atoms with van der Waals surface area (Å²) in [4.78, 5) is 4.11. The van der Waals surface area contributed by atoms with Crippen molar-refractivity contribution in [2.75, 3.05) is 5.73 Å². The lowest BCUT2D eigenvalue weighted by Gasteiger charge is -2.03. The fourth-order valence-corrected chi connectivity index (χ4v) is 3.22. The van der Waals surface area contributed by atoms with Crippen LogP contribution in [-0.4, -0.2) is 9.36 Å². The lowest BCUT2D eigenvalue weighted by atomic mass is 10.2. The van der Waals surface area contributed by atoms with Crippen molar-refractivity contribution < 1.29 is 0 Å². The summed E-state index contributed by atoms with van der Waals surface area (Å²) in [6.45, 7) is 0. The molecule has 0 aliphatic rings. The molecule has 0 bridgehead atoms. The molecule has 3 nitrogen and oxygen atoms in total. The minimum Gasteiger partial charge on any atom is -0.399 e. The highest BCUT2D eigenvalue weighted by Gasteiger charge is 2.03. The molecular formula is C9H8BrN3S2. The molecule has 0 unspecified atom stereocenters. The number of nitrogens with two attached hydrogens (primary N) is 1. The molecule has 2 rings (SSSR count). The first-order valence-electron chi connectivity index (χ1n) is 4.19. The Hall–Kier alpha value is -0.590. The highest BCUT2D eigenvalue weighted by Crippen LogP contribution is 2.28. The molecule has 1 aromatic carbocycles. The van der Waals surface area contributed by atoms with E-state index in [1.54, 1.807) is 18.1 Å². The normalized spacial score (nSPS) is 10.5. The second kappa shape index (κ2) is 4.96. The summed E-state index contributed by atoms with van der Waals surface area (Å²) < 4.78 is 5.98. The minimum atomic E-state index is 0.770. The van der Waals surface area contributed by atoms with Crippen molar-refractivity contribution in [3.63, 3.8) is 0 Å². The Kier molecular flexibility index (Phi) is 3.61. The zero-order valence-electron chi connectivity index (χ0n) is 7.68. The van der Waals surface area contributed by atoms with Crippen molar-refractivity contribution in [3.05, 3.63) is 34.6 Å². The number of anilines is 1. The average Bonchev–Trinajstić information content (AvgIpc) is 2.69. The van der Waals surface area contributed by atoms with Gasteiger partial charge in [-0.15, -0.1) is 0 Å². The standard InChI is InChI=1S/C9H8BrN3S2/c10-8-3-7(11)2-1-6(8)4-14-9-12-5-13-15-9/h1-3,5H,4,11H2. The zero-order chi connectivity index (χ0) is 10.7. The Morgan fingerprint density at radius 3 is 3.00 bits per heavy atom. The summed E-state index contributed by atoms with van der Waals surface area (Å²) in [5.74, 6) is 0.871. The van der Waals surface area contributed by atoms with Crippen molar-refractivity contribution in [2.24, 2.45) is 0 Å². The Morgan fingerprint density at radius 1 is 1.47 bits per heavy atom. The number of hydrogen-bond donors (Lipinski definition) is 1. The van der Waals surface area contributed by atoms with Gasteiger partial charge in [0, 0.05) is 15.9 Å². The van der Waals surface area contributed by atoms with Crippen LogP contribution in [0.25, 0.3) is 0 Å². The van der Waals surface area contributed by atoms with Crippen LogP contribution in [0, 0.1) is 0 Å². The van der Waals surface area contributed by atoms with E-state index in [9.17, 15) is 0 Å². The van der Waals surface area contributed by atoms with E-state index in [2.05, 4.69) is 25.3 Å². The molecule has 0 atom stereocenters. The van der Waals surface area contributed by atoms with Crippen LogP contribution in [0.15, 0.2) is 33.3 Å². The van der Waals surface area contributed by atoms with Gasteiger partial charge in [0.2, 0.25) is 0 Å². The van der Waals surface area contributed by atoms with Gasteiger partial charge >= 0.3 is 0 Å². The van der Waals surface area contributed by atoms with Crippen LogP contribution in [0.4, 0.5) is 5.69 Å². The molecule has 0 saturated heterocycles. The summed E-state index contributed by atoms with van der Waals surface area (Å²) in [7, 11) is 0. The van der Waals surface area contributed by atoms with Crippen LogP contribution in [-0.2, 0) is 5.75 Å². The molecule has 78 valence electrons. The largest absolute Gasteiger partial charge is 0.399 e. The van der Waals surface area contributed by atoms with Gasteiger partial charge < -0.3 is 5.73 Å². The van der Waals surface area contributed by atoms with Crippen LogP contribution in [0.2, 0.25) is 0 Å². The van der Waals surface area contributed by atoms with Crippen molar-refractivity contribution in [3.8, 4) is 0 Å². The number of nitrogens with zero attached hydrogens (tertiary/aromatic N) is 2. The highest BCUT2D eigenvalue weighted by atomic mass is 79.9. The van der Waals surface area contributed by atoms with E-state index in [-0.39, 0.29) is 0 Å². The van der Waals surface area contributed by atoms with Gasteiger partial charge in [0.15, 0.2) is 4.34 Å². The van der Waals surface area contributed by atoms with E-state index >= 15 is 0 Å². The molecule has 1 heterocycles. The van der Waals surface area contributed by atoms with Gasteiger partial charge in [-0.2, -0.15) is 4.37 Å². The third kappa shape index (κ3) is 2.93. The topological polar surface area (TPSA) is 51.8 Å². The number of nitrogen functional groups attached to an aromatic ring is 1. The summed E-state index contributed by atoms with van der Waals surface area (Å²) in [6, 6.07) is 5.84. The number of hydrogen-bond acceptors (Lipinski definition) is 5. The van der Waals surface area contributed by atoms with Crippen molar-refractivity contribution in [1.82, 2.24) is 9.36 Å². The van der Waals surface area contributed by atoms with Crippen LogP contribution in [0.3, 0.4) is 0 Å². The van der Waals surface area contributed by atoms with E-state index in [1.165, 1.54) is 17.1 Å². The fraction of sp³-hybridized carbons (Fsp3) is 0.111. The SMILES string of the molecule is Nc1ccc(CSc2ncns2)c(Br)c1. The second-order valence-corrected chi connectivity index (χ2v) is 5.70. The number of benzene rings is 1. The third-order valence-electron chi connectivity index (χ3n) is 1.77. The van der Waals surface area contributed by atoms with Gasteiger partial charge in [-0.25, -0.2) is 4.98 Å². The Bertz CT molecular complexity index is 445. The molecule has 0 aliphatic carbocycles. The highest BCUT2D eigenvalue weighted by molar-refractivity contribution is 9.10. The van der Waals surface area contributed by atoms with Gasteiger partial charge in [0.05, 0.1) is 0 Å². The first-order chi connectivity index (χ1) is 7.25. The van der Waals surface area contributed by atoms with Crippen molar-refractivity contribution in [1.29, 1.82) is 0 Å². The summed E-state index contributed by atoms with van der Waals surface area (Å²) in [5.41, 5.74) is 7.64. The van der Waals surface area contributed by atoms with Crippen LogP contribution >= 0.6 is 39.2 Å². The van der Waals surface area contributed by atoms with E-state index in [0.29, 0.717) is 0 Å². The Balaban J connectivity index is 2.05. The molecule has 1 aromatic heterocycles. The predicted molar refractivity (Wildman–Crippen MR) is 68.0 cm³/mol. The maximum absolute atomic E-state index is 5.66. The van der Waals surface area contributed by atoms with E-state index in [0.717, 1.165) is 20.3 Å². The molecule has 0 radical (unpaired) electrons.